The van der Waals surface area contributed by atoms with Crippen molar-refractivity contribution in [2.45, 2.75) is 32.0 Å². The van der Waals surface area contributed by atoms with Crippen LogP contribution in [0.4, 0.5) is 23.2 Å². The molecule has 0 aliphatic carbocycles. The predicted molar refractivity (Wildman–Crippen MR) is 147 cm³/mol. The minimum atomic E-state index is -4.66. The van der Waals surface area contributed by atoms with Crippen molar-refractivity contribution in [2.75, 3.05) is 13.6 Å². The summed E-state index contributed by atoms with van der Waals surface area (Å²) in [5.41, 5.74) is 6.83. The van der Waals surface area contributed by atoms with E-state index in [1.54, 1.807) is 26.1 Å². The third kappa shape index (κ3) is 7.34. The second-order valence-electron chi connectivity index (χ2n) is 9.12. The van der Waals surface area contributed by atoms with Gasteiger partial charge in [-0.3, -0.25) is 4.79 Å². The minimum Gasteiger partial charge on any atom is -0.402 e. The van der Waals surface area contributed by atoms with Crippen LogP contribution < -0.4 is 11.1 Å². The van der Waals surface area contributed by atoms with E-state index in [1.165, 1.54) is 30.3 Å². The zero-order valence-electron chi connectivity index (χ0n) is 22.2. The lowest BCUT2D eigenvalue weighted by atomic mass is 9.82. The van der Waals surface area contributed by atoms with E-state index in [0.717, 1.165) is 12.1 Å². The van der Waals surface area contributed by atoms with E-state index < -0.39 is 35.4 Å². The lowest BCUT2D eigenvalue weighted by Gasteiger charge is -2.32. The van der Waals surface area contributed by atoms with Crippen LogP contribution in [0, 0.1) is 5.82 Å². The molecule has 210 valence electrons. The molecule has 0 heterocycles. The van der Waals surface area contributed by atoms with Crippen LogP contribution in [-0.2, 0) is 11.0 Å². The summed E-state index contributed by atoms with van der Waals surface area (Å²) in [5.74, 6) is -1.97. The number of nitrogens with one attached hydrogen (secondary N) is 1. The number of aliphatic imine (C=N–C) groups is 1. The van der Waals surface area contributed by atoms with Gasteiger partial charge in [0.2, 0.25) is 0 Å². The number of hydrogen-bond donors (Lipinski definition) is 2. The number of para-hydroxylation sites is 1. The molecular weight excluding hydrogens is 524 g/mol. The Morgan fingerprint density at radius 3 is 2.25 bits per heavy atom. The van der Waals surface area contributed by atoms with Crippen molar-refractivity contribution < 1.29 is 27.2 Å². The Hall–Kier alpha value is -4.47. The summed E-state index contributed by atoms with van der Waals surface area (Å²) in [6.45, 7) is 4.01. The molecule has 6 nitrogen and oxygen atoms in total. The van der Waals surface area contributed by atoms with Crippen LogP contribution in [0.25, 0.3) is 0 Å². The van der Waals surface area contributed by atoms with Crippen molar-refractivity contribution in [1.29, 1.82) is 0 Å². The predicted octanol–water partition coefficient (Wildman–Crippen LogP) is 5.84. The van der Waals surface area contributed by atoms with Gasteiger partial charge in [-0.15, -0.1) is 0 Å². The first-order valence-electron chi connectivity index (χ1n) is 12.5. The Morgan fingerprint density at radius 1 is 1.05 bits per heavy atom. The standard InChI is InChI=1S/C30H30F4N4O2/c1-4-38(3)28(36-24-11-6-5-7-12-24)26(19(2)35)27(20-13-15-23(31)16-14-20)25(18-39)37-29(40)21-9-8-10-22(17-21)30(32,33)34/h5-18,25,27H,4,35H2,1-3H3,(H,37,40)/b26-19-,36-28?. The molecule has 3 aromatic rings. The van der Waals surface area contributed by atoms with Crippen LogP contribution in [-0.4, -0.2) is 42.6 Å². The molecule has 2 unspecified atom stereocenters. The highest BCUT2D eigenvalue weighted by molar-refractivity contribution is 6.03. The third-order valence-electron chi connectivity index (χ3n) is 6.29. The van der Waals surface area contributed by atoms with Gasteiger partial charge in [0.1, 0.15) is 17.9 Å². The Kier molecular flexibility index (Phi) is 9.82. The normalized spacial score (nSPS) is 14.1. The van der Waals surface area contributed by atoms with Gasteiger partial charge in [-0.2, -0.15) is 13.2 Å². The second kappa shape index (κ2) is 13.1. The van der Waals surface area contributed by atoms with Gasteiger partial charge in [0.15, 0.2) is 0 Å². The quantitative estimate of drug-likeness (QED) is 0.151. The van der Waals surface area contributed by atoms with E-state index in [4.69, 9.17) is 10.7 Å². The van der Waals surface area contributed by atoms with Gasteiger partial charge >= 0.3 is 6.18 Å². The van der Waals surface area contributed by atoms with Crippen molar-refractivity contribution in [2.24, 2.45) is 10.7 Å². The summed E-state index contributed by atoms with van der Waals surface area (Å²) in [5, 5.41) is 2.55. The van der Waals surface area contributed by atoms with Gasteiger partial charge in [0, 0.05) is 36.3 Å². The number of allylic oxidation sites excluding steroid dienone is 1. The Morgan fingerprint density at radius 2 is 1.70 bits per heavy atom. The van der Waals surface area contributed by atoms with Gasteiger partial charge in [-0.1, -0.05) is 36.4 Å². The molecule has 3 rings (SSSR count). The highest BCUT2D eigenvalue weighted by atomic mass is 19.4. The number of benzene rings is 3. The maximum atomic E-state index is 13.9. The molecule has 0 spiro atoms. The molecule has 0 aliphatic heterocycles. The summed E-state index contributed by atoms with van der Waals surface area (Å²) >= 11 is 0. The lowest BCUT2D eigenvalue weighted by molar-refractivity contribution is -0.137. The largest absolute Gasteiger partial charge is 0.416 e. The highest BCUT2D eigenvalue weighted by Crippen LogP contribution is 2.33. The first-order valence-corrected chi connectivity index (χ1v) is 12.5. The average molecular weight is 555 g/mol. The summed E-state index contributed by atoms with van der Waals surface area (Å²) in [6.07, 6.45) is -4.17. The molecule has 0 radical (unpaired) electrons. The zero-order valence-corrected chi connectivity index (χ0v) is 22.2. The summed E-state index contributed by atoms with van der Waals surface area (Å²) in [4.78, 5) is 32.3. The molecule has 2 atom stereocenters. The minimum absolute atomic E-state index is 0.279. The highest BCUT2D eigenvalue weighted by Gasteiger charge is 2.34. The Balaban J connectivity index is 2.16. The SMILES string of the molecule is CCN(C)C(=Nc1ccccc1)/C(=C(/C)N)C(c1ccc(F)cc1)C(C=O)NC(=O)c1cccc(C(F)(F)F)c1. The number of amides is 1. The summed E-state index contributed by atoms with van der Waals surface area (Å²) < 4.78 is 53.7. The van der Waals surface area contributed by atoms with E-state index >= 15 is 0 Å². The van der Waals surface area contributed by atoms with E-state index in [1.807, 2.05) is 30.0 Å². The number of nitrogens with two attached hydrogens (primary N) is 1. The number of nitrogens with zero attached hydrogens (tertiary/aromatic N) is 2. The van der Waals surface area contributed by atoms with Crippen LogP contribution >= 0.6 is 0 Å². The molecule has 0 saturated carbocycles. The van der Waals surface area contributed by atoms with Crippen molar-refractivity contribution >= 4 is 23.7 Å². The maximum absolute atomic E-state index is 13.9. The van der Waals surface area contributed by atoms with E-state index in [-0.39, 0.29) is 11.3 Å². The van der Waals surface area contributed by atoms with Crippen LogP contribution in [0.1, 0.15) is 41.3 Å². The van der Waals surface area contributed by atoms with E-state index in [2.05, 4.69) is 5.32 Å². The van der Waals surface area contributed by atoms with E-state index in [0.29, 0.717) is 41.6 Å². The number of aldehydes is 1. The molecule has 0 aliphatic rings. The molecule has 40 heavy (non-hydrogen) atoms. The smallest absolute Gasteiger partial charge is 0.402 e. The average Bonchev–Trinajstić information content (AvgIpc) is 2.94. The number of amidine groups is 1. The summed E-state index contributed by atoms with van der Waals surface area (Å²) in [6, 6.07) is 16.9. The fraction of sp³-hybridized carbons (Fsp3) is 0.233. The summed E-state index contributed by atoms with van der Waals surface area (Å²) in [7, 11) is 1.78. The molecule has 3 N–H and O–H groups in total. The van der Waals surface area contributed by atoms with Gasteiger partial charge in [0.05, 0.1) is 17.3 Å². The van der Waals surface area contributed by atoms with Crippen LogP contribution in [0.15, 0.2) is 95.1 Å². The maximum Gasteiger partial charge on any atom is 0.416 e. The number of likely N-dealkylation sites (N-methyl/N-ethyl adjacent to an activating group) is 1. The van der Waals surface area contributed by atoms with Crippen LogP contribution in [0.5, 0.6) is 0 Å². The van der Waals surface area contributed by atoms with Gasteiger partial charge in [-0.25, -0.2) is 9.38 Å². The Labute approximate surface area is 230 Å². The van der Waals surface area contributed by atoms with Crippen molar-refractivity contribution in [3.8, 4) is 0 Å². The number of carbonyl (C=O) groups excluding carboxylic acids is 2. The number of hydrogen-bond acceptors (Lipinski definition) is 4. The molecule has 10 heteroatoms. The molecule has 0 saturated heterocycles. The van der Waals surface area contributed by atoms with Crippen LogP contribution in [0.2, 0.25) is 0 Å². The van der Waals surface area contributed by atoms with Gasteiger partial charge in [0.25, 0.3) is 5.91 Å². The van der Waals surface area contributed by atoms with Crippen molar-refractivity contribution in [1.82, 2.24) is 10.2 Å². The number of alkyl halides is 3. The molecule has 3 aromatic carbocycles. The van der Waals surface area contributed by atoms with Gasteiger partial charge < -0.3 is 20.7 Å². The van der Waals surface area contributed by atoms with Crippen molar-refractivity contribution in [3.05, 3.63) is 113 Å². The third-order valence-corrected chi connectivity index (χ3v) is 6.29. The topological polar surface area (TPSA) is 87.8 Å². The fourth-order valence-electron chi connectivity index (χ4n) is 4.18. The molecule has 0 bridgehead atoms. The monoisotopic (exact) mass is 554 g/mol. The second-order valence-corrected chi connectivity index (χ2v) is 9.12. The molecule has 1 amide bonds. The molecular formula is C30H30F4N4O2. The fourth-order valence-corrected chi connectivity index (χ4v) is 4.18. The molecule has 0 aromatic heterocycles. The van der Waals surface area contributed by atoms with E-state index in [9.17, 15) is 27.2 Å². The van der Waals surface area contributed by atoms with Crippen molar-refractivity contribution in [3.63, 3.8) is 0 Å². The first kappa shape index (κ1) is 30.1. The van der Waals surface area contributed by atoms with Crippen LogP contribution in [0.3, 0.4) is 0 Å². The zero-order chi connectivity index (χ0) is 29.4. The molecule has 0 fully saturated rings. The lowest BCUT2D eigenvalue weighted by Crippen LogP contribution is -2.44. The Bertz CT molecular complexity index is 1380. The van der Waals surface area contributed by atoms with Gasteiger partial charge in [-0.05, 0) is 61.9 Å². The number of carbonyl (C=O) groups is 2. The number of halogens is 4. The number of rotatable bonds is 9. The first-order chi connectivity index (χ1) is 19.0.